The molecule has 0 aliphatic rings. The van der Waals surface area contributed by atoms with Gasteiger partial charge in [0, 0.05) is 11.8 Å². The molecule has 0 saturated heterocycles. The number of aldehydes is 1. The highest BCUT2D eigenvalue weighted by atomic mass is 32.2. The Morgan fingerprint density at radius 2 is 1.72 bits per heavy atom. The van der Waals surface area contributed by atoms with E-state index in [1.54, 1.807) is 35.1 Å². The summed E-state index contributed by atoms with van der Waals surface area (Å²) in [5.74, 6) is 0.120. The quantitative estimate of drug-likeness (QED) is 0.635. The van der Waals surface area contributed by atoms with Gasteiger partial charge in [0.05, 0.1) is 21.9 Å². The van der Waals surface area contributed by atoms with E-state index in [-0.39, 0.29) is 10.6 Å². The lowest BCUT2D eigenvalue weighted by molar-refractivity contribution is 0.112. The van der Waals surface area contributed by atoms with E-state index in [4.69, 9.17) is 0 Å². The van der Waals surface area contributed by atoms with Crippen LogP contribution in [-0.2, 0) is 9.84 Å². The fraction of sp³-hybridized carbons (Fsp3) is 0.158. The second-order valence-electron chi connectivity index (χ2n) is 5.67. The van der Waals surface area contributed by atoms with E-state index in [9.17, 15) is 13.2 Å². The van der Waals surface area contributed by atoms with Crippen LogP contribution in [0, 0.1) is 0 Å². The minimum Gasteiger partial charge on any atom is -0.298 e. The molecule has 6 heteroatoms. The second-order valence-corrected chi connectivity index (χ2v) is 7.78. The zero-order valence-electron chi connectivity index (χ0n) is 13.8. The van der Waals surface area contributed by atoms with Crippen molar-refractivity contribution in [3.63, 3.8) is 0 Å². The van der Waals surface area contributed by atoms with Gasteiger partial charge in [0.15, 0.2) is 16.1 Å². The number of carbonyl (C=O) groups excluding carboxylic acids is 1. The van der Waals surface area contributed by atoms with E-state index >= 15 is 0 Å². The average Bonchev–Trinajstić information content (AvgIpc) is 3.07. The first kappa shape index (κ1) is 17.1. The minimum absolute atomic E-state index is 0.120. The van der Waals surface area contributed by atoms with Crippen LogP contribution in [0.2, 0.25) is 0 Å². The maximum Gasteiger partial charge on any atom is 0.178 e. The molecule has 0 unspecified atom stereocenters. The largest absolute Gasteiger partial charge is 0.298 e. The zero-order chi connectivity index (χ0) is 17.9. The fourth-order valence-electron chi connectivity index (χ4n) is 2.62. The van der Waals surface area contributed by atoms with Gasteiger partial charge in [-0.15, -0.1) is 0 Å². The summed E-state index contributed by atoms with van der Waals surface area (Å²) >= 11 is 0. The number of hydrogen-bond acceptors (Lipinski definition) is 4. The molecule has 0 bridgehead atoms. The molecule has 0 amide bonds. The van der Waals surface area contributed by atoms with Crippen LogP contribution < -0.4 is 0 Å². The molecule has 3 aromatic rings. The van der Waals surface area contributed by atoms with Gasteiger partial charge >= 0.3 is 0 Å². The number of benzene rings is 2. The van der Waals surface area contributed by atoms with Gasteiger partial charge in [-0.05, 0) is 30.7 Å². The molecule has 0 N–H and O–H groups in total. The molecule has 0 aliphatic heterocycles. The first-order chi connectivity index (χ1) is 12.0. The third-order valence-corrected chi connectivity index (χ3v) is 5.79. The Kier molecular flexibility index (Phi) is 4.81. The van der Waals surface area contributed by atoms with Gasteiger partial charge in [-0.3, -0.25) is 4.79 Å². The van der Waals surface area contributed by atoms with Gasteiger partial charge in [-0.25, -0.2) is 13.1 Å². The Bertz CT molecular complexity index is 975. The first-order valence-electron chi connectivity index (χ1n) is 7.98. The number of aromatic nitrogens is 2. The lowest BCUT2D eigenvalue weighted by Gasteiger charge is -2.04. The summed E-state index contributed by atoms with van der Waals surface area (Å²) in [6.45, 7) is 1.83. The third-order valence-electron chi connectivity index (χ3n) is 3.85. The molecule has 0 aliphatic carbocycles. The Morgan fingerprint density at radius 3 is 2.32 bits per heavy atom. The molecule has 25 heavy (non-hydrogen) atoms. The number of carbonyl (C=O) groups is 1. The van der Waals surface area contributed by atoms with Crippen LogP contribution in [0.5, 0.6) is 0 Å². The van der Waals surface area contributed by atoms with Gasteiger partial charge in [-0.2, -0.15) is 5.10 Å². The van der Waals surface area contributed by atoms with E-state index in [2.05, 4.69) is 5.10 Å². The van der Waals surface area contributed by atoms with Gasteiger partial charge in [-0.1, -0.05) is 37.3 Å². The molecule has 0 saturated carbocycles. The molecule has 0 fully saturated rings. The predicted molar refractivity (Wildman–Crippen MR) is 96.7 cm³/mol. The topological polar surface area (TPSA) is 69.0 Å². The lowest BCUT2D eigenvalue weighted by Crippen LogP contribution is -2.05. The summed E-state index contributed by atoms with van der Waals surface area (Å²) in [4.78, 5) is 11.7. The monoisotopic (exact) mass is 354 g/mol. The van der Waals surface area contributed by atoms with Crippen molar-refractivity contribution in [1.29, 1.82) is 0 Å². The van der Waals surface area contributed by atoms with Gasteiger partial charge in [0.25, 0.3) is 0 Å². The van der Waals surface area contributed by atoms with Crippen molar-refractivity contribution >= 4 is 16.1 Å². The lowest BCUT2D eigenvalue weighted by atomic mass is 10.1. The maximum atomic E-state index is 12.1. The smallest absolute Gasteiger partial charge is 0.178 e. The van der Waals surface area contributed by atoms with E-state index in [1.165, 1.54) is 0 Å². The zero-order valence-corrected chi connectivity index (χ0v) is 14.6. The summed E-state index contributed by atoms with van der Waals surface area (Å²) in [5, 5.41) is 4.49. The van der Waals surface area contributed by atoms with Gasteiger partial charge in [0.2, 0.25) is 0 Å². The van der Waals surface area contributed by atoms with Crippen LogP contribution in [0.15, 0.2) is 65.7 Å². The summed E-state index contributed by atoms with van der Waals surface area (Å²) in [5.41, 5.74) is 2.53. The first-order valence-corrected chi connectivity index (χ1v) is 9.64. The summed E-state index contributed by atoms with van der Waals surface area (Å²) < 4.78 is 25.9. The fourth-order valence-corrected chi connectivity index (χ4v) is 3.94. The Hall–Kier alpha value is -2.73. The third kappa shape index (κ3) is 3.53. The number of nitrogens with zero attached hydrogens (tertiary/aromatic N) is 2. The molecule has 0 radical (unpaired) electrons. The van der Waals surface area contributed by atoms with Gasteiger partial charge < -0.3 is 0 Å². The van der Waals surface area contributed by atoms with Crippen molar-refractivity contribution in [3.8, 4) is 16.9 Å². The molecule has 1 heterocycles. The van der Waals surface area contributed by atoms with Crippen molar-refractivity contribution in [3.05, 3.63) is 66.4 Å². The van der Waals surface area contributed by atoms with E-state index in [0.717, 1.165) is 12.0 Å². The summed E-state index contributed by atoms with van der Waals surface area (Å²) in [7, 11) is -3.26. The van der Waals surface area contributed by atoms with E-state index in [1.807, 2.05) is 37.3 Å². The molecular formula is C19H18N2O3S. The van der Waals surface area contributed by atoms with Crippen LogP contribution in [0.25, 0.3) is 16.9 Å². The van der Waals surface area contributed by atoms with Crippen molar-refractivity contribution in [2.24, 2.45) is 0 Å². The van der Waals surface area contributed by atoms with Crippen LogP contribution in [0.1, 0.15) is 23.7 Å². The molecule has 0 spiro atoms. The summed E-state index contributed by atoms with van der Waals surface area (Å²) in [6, 6.07) is 16.0. The standard InChI is InChI=1S/C19H18N2O3S/c1-2-12-25(23,24)18-10-8-15(9-11-18)19-16(14-22)13-21(20-19)17-6-4-3-5-7-17/h3-11,13-14H,2,12H2,1H3. The number of para-hydroxylation sites is 1. The van der Waals surface area contributed by atoms with Crippen molar-refractivity contribution in [1.82, 2.24) is 9.78 Å². The highest BCUT2D eigenvalue weighted by Crippen LogP contribution is 2.24. The molecule has 1 aromatic heterocycles. The van der Waals surface area contributed by atoms with E-state index in [0.29, 0.717) is 23.2 Å². The molecular weight excluding hydrogens is 336 g/mol. The molecule has 5 nitrogen and oxygen atoms in total. The number of rotatable bonds is 6. The highest BCUT2D eigenvalue weighted by Gasteiger charge is 2.15. The van der Waals surface area contributed by atoms with Crippen molar-refractivity contribution < 1.29 is 13.2 Å². The summed E-state index contributed by atoms with van der Waals surface area (Å²) in [6.07, 6.45) is 2.99. The number of sulfone groups is 1. The molecule has 128 valence electrons. The minimum atomic E-state index is -3.26. The molecule has 2 aromatic carbocycles. The Labute approximate surface area is 146 Å². The second kappa shape index (κ2) is 7.03. The molecule has 0 atom stereocenters. The van der Waals surface area contributed by atoms with Crippen LogP contribution >= 0.6 is 0 Å². The maximum absolute atomic E-state index is 12.1. The van der Waals surface area contributed by atoms with E-state index < -0.39 is 9.84 Å². The van der Waals surface area contributed by atoms with Crippen LogP contribution in [0.4, 0.5) is 0 Å². The van der Waals surface area contributed by atoms with Crippen LogP contribution in [-0.4, -0.2) is 30.2 Å². The Balaban J connectivity index is 1.99. The Morgan fingerprint density at radius 1 is 1.04 bits per heavy atom. The highest BCUT2D eigenvalue weighted by molar-refractivity contribution is 7.91. The molecule has 3 rings (SSSR count). The van der Waals surface area contributed by atoms with Crippen molar-refractivity contribution in [2.45, 2.75) is 18.2 Å². The normalized spacial score (nSPS) is 11.4. The predicted octanol–water partition coefficient (Wildman–Crippen LogP) is 3.54. The van der Waals surface area contributed by atoms with Gasteiger partial charge in [0.1, 0.15) is 5.69 Å². The van der Waals surface area contributed by atoms with Crippen LogP contribution in [0.3, 0.4) is 0 Å². The number of hydrogen-bond donors (Lipinski definition) is 0. The SMILES string of the molecule is CCCS(=O)(=O)c1ccc(-c2nn(-c3ccccc3)cc2C=O)cc1. The van der Waals surface area contributed by atoms with Crippen molar-refractivity contribution in [2.75, 3.05) is 5.75 Å². The average molecular weight is 354 g/mol.